The van der Waals surface area contributed by atoms with Crippen molar-refractivity contribution < 1.29 is 18.3 Å². The molecule has 2 aromatic heterocycles. The molecular weight excluding hydrogens is 356 g/mol. The number of aryl methyl sites for hydroxylation is 2. The van der Waals surface area contributed by atoms with Crippen LogP contribution in [0.3, 0.4) is 0 Å². The molecule has 2 heterocycles. The highest BCUT2D eigenvalue weighted by Gasteiger charge is 2.18. The number of nitrogens with zero attached hydrogens (tertiary/aromatic N) is 4. The van der Waals surface area contributed by atoms with E-state index in [0.29, 0.717) is 0 Å². The van der Waals surface area contributed by atoms with Crippen LogP contribution in [0.4, 0.5) is 20.3 Å². The van der Waals surface area contributed by atoms with Crippen molar-refractivity contribution in [3.05, 3.63) is 59.0 Å². The second kappa shape index (κ2) is 7.48. The number of rotatable bonds is 5. The number of hydrogen-bond acceptors (Lipinski definition) is 6. The second-order valence-corrected chi connectivity index (χ2v) is 5.75. The number of anilines is 2. The number of halogens is 2. The van der Waals surface area contributed by atoms with Crippen LogP contribution in [0.5, 0.6) is 0 Å². The molecule has 0 fully saturated rings. The minimum atomic E-state index is -1.02. The lowest BCUT2D eigenvalue weighted by Gasteiger charge is -2.12. The number of hydrogen-bond donors (Lipinski definition) is 1. The van der Waals surface area contributed by atoms with Crippen molar-refractivity contribution in [2.45, 2.75) is 20.8 Å². The monoisotopic (exact) mass is 373 g/mol. The van der Waals surface area contributed by atoms with Crippen molar-refractivity contribution in [1.82, 2.24) is 19.7 Å². The van der Waals surface area contributed by atoms with Gasteiger partial charge in [0.15, 0.2) is 17.5 Å². The first-order chi connectivity index (χ1) is 12.9. The van der Waals surface area contributed by atoms with E-state index in [1.54, 1.807) is 6.92 Å². The zero-order valence-electron chi connectivity index (χ0n) is 15.0. The van der Waals surface area contributed by atoms with Crippen molar-refractivity contribution in [2.24, 2.45) is 0 Å². The molecule has 0 amide bonds. The average Bonchev–Trinajstić information content (AvgIpc) is 2.96. The van der Waals surface area contributed by atoms with E-state index >= 15 is 0 Å². The van der Waals surface area contributed by atoms with E-state index in [1.807, 2.05) is 19.9 Å². The van der Waals surface area contributed by atoms with Gasteiger partial charge in [-0.3, -0.25) is 0 Å². The van der Waals surface area contributed by atoms with Crippen LogP contribution in [0.2, 0.25) is 0 Å². The lowest BCUT2D eigenvalue weighted by molar-refractivity contribution is 0.0526. The standard InChI is InChI=1S/C18H17F2N5O2/c1-4-27-17(26)13-9-21-18(25-11(3)7-10(2)24-25)23-16(13)22-12-5-6-14(19)15(20)8-12/h5-9H,4H2,1-3H3,(H,21,22,23). The smallest absolute Gasteiger partial charge is 0.343 e. The molecule has 0 bridgehead atoms. The first kappa shape index (κ1) is 18.4. The van der Waals surface area contributed by atoms with Gasteiger partial charge in [0.2, 0.25) is 0 Å². The van der Waals surface area contributed by atoms with Crippen LogP contribution in [0.25, 0.3) is 5.95 Å². The number of carbonyl (C=O) groups is 1. The molecule has 0 radical (unpaired) electrons. The van der Waals surface area contributed by atoms with Gasteiger partial charge in [0.1, 0.15) is 5.56 Å². The summed E-state index contributed by atoms with van der Waals surface area (Å²) in [5.74, 6) is -2.32. The van der Waals surface area contributed by atoms with E-state index in [-0.39, 0.29) is 29.6 Å². The van der Waals surface area contributed by atoms with Crippen LogP contribution in [0, 0.1) is 25.5 Å². The largest absolute Gasteiger partial charge is 0.462 e. The zero-order valence-corrected chi connectivity index (χ0v) is 15.0. The van der Waals surface area contributed by atoms with Gasteiger partial charge in [0.05, 0.1) is 12.3 Å². The van der Waals surface area contributed by atoms with Crippen LogP contribution in [0.15, 0.2) is 30.5 Å². The molecule has 3 rings (SSSR count). The fourth-order valence-corrected chi connectivity index (χ4v) is 2.47. The first-order valence-electron chi connectivity index (χ1n) is 8.19. The third kappa shape index (κ3) is 3.91. The maximum absolute atomic E-state index is 13.5. The molecule has 9 heteroatoms. The number of carbonyl (C=O) groups excluding carboxylic acids is 1. The summed E-state index contributed by atoms with van der Waals surface area (Å²) in [6.07, 6.45) is 1.30. The van der Waals surface area contributed by atoms with Crippen LogP contribution in [-0.4, -0.2) is 32.3 Å². The predicted octanol–water partition coefficient (Wildman–Crippen LogP) is 3.48. The fourth-order valence-electron chi connectivity index (χ4n) is 2.47. The number of aromatic nitrogens is 4. The highest BCUT2D eigenvalue weighted by Crippen LogP contribution is 2.22. The molecule has 140 valence electrons. The van der Waals surface area contributed by atoms with Gasteiger partial charge in [-0.25, -0.2) is 23.2 Å². The molecule has 0 aliphatic rings. The van der Waals surface area contributed by atoms with Crippen LogP contribution in [-0.2, 0) is 4.74 Å². The topological polar surface area (TPSA) is 81.9 Å². The Kier molecular flexibility index (Phi) is 5.11. The van der Waals surface area contributed by atoms with Gasteiger partial charge >= 0.3 is 5.97 Å². The van der Waals surface area contributed by atoms with Gasteiger partial charge in [-0.05, 0) is 39.0 Å². The van der Waals surface area contributed by atoms with E-state index in [2.05, 4.69) is 20.4 Å². The summed E-state index contributed by atoms with van der Waals surface area (Å²) in [5.41, 5.74) is 1.86. The number of benzene rings is 1. The molecule has 0 aliphatic carbocycles. The Morgan fingerprint density at radius 3 is 2.63 bits per heavy atom. The predicted molar refractivity (Wildman–Crippen MR) is 94.2 cm³/mol. The van der Waals surface area contributed by atoms with Crippen molar-refractivity contribution in [3.63, 3.8) is 0 Å². The third-order valence-corrected chi connectivity index (χ3v) is 3.65. The van der Waals surface area contributed by atoms with Gasteiger partial charge < -0.3 is 10.1 Å². The van der Waals surface area contributed by atoms with E-state index in [4.69, 9.17) is 4.74 Å². The molecule has 1 N–H and O–H groups in total. The van der Waals surface area contributed by atoms with E-state index in [0.717, 1.165) is 23.5 Å². The van der Waals surface area contributed by atoms with Crippen molar-refractivity contribution in [2.75, 3.05) is 11.9 Å². The van der Waals surface area contributed by atoms with Crippen LogP contribution >= 0.6 is 0 Å². The zero-order chi connectivity index (χ0) is 19.6. The molecule has 0 saturated carbocycles. The van der Waals surface area contributed by atoms with Crippen LogP contribution in [0.1, 0.15) is 28.7 Å². The Morgan fingerprint density at radius 2 is 2.00 bits per heavy atom. The normalized spacial score (nSPS) is 10.7. The quantitative estimate of drug-likeness (QED) is 0.690. The lowest BCUT2D eigenvalue weighted by Crippen LogP contribution is -2.13. The first-order valence-corrected chi connectivity index (χ1v) is 8.19. The number of ether oxygens (including phenoxy) is 1. The minimum Gasteiger partial charge on any atom is -0.462 e. The Hall–Kier alpha value is -3.36. The van der Waals surface area contributed by atoms with Gasteiger partial charge in [0, 0.05) is 23.6 Å². The van der Waals surface area contributed by atoms with Gasteiger partial charge in [-0.15, -0.1) is 0 Å². The van der Waals surface area contributed by atoms with Crippen molar-refractivity contribution in [1.29, 1.82) is 0 Å². The average molecular weight is 373 g/mol. The third-order valence-electron chi connectivity index (χ3n) is 3.65. The summed E-state index contributed by atoms with van der Waals surface area (Å²) in [6.45, 7) is 5.51. The molecule has 27 heavy (non-hydrogen) atoms. The summed E-state index contributed by atoms with van der Waals surface area (Å²) in [7, 11) is 0. The van der Waals surface area contributed by atoms with Crippen molar-refractivity contribution >= 4 is 17.5 Å². The Labute approximate surface area is 154 Å². The molecular formula is C18H17F2N5O2. The molecule has 0 saturated heterocycles. The molecule has 3 aromatic rings. The van der Waals surface area contributed by atoms with Crippen molar-refractivity contribution in [3.8, 4) is 5.95 Å². The second-order valence-electron chi connectivity index (χ2n) is 5.75. The summed E-state index contributed by atoms with van der Waals surface area (Å²) < 4.78 is 33.2. The Balaban J connectivity index is 2.06. The van der Waals surface area contributed by atoms with Gasteiger partial charge in [-0.1, -0.05) is 0 Å². The van der Waals surface area contributed by atoms with E-state index in [9.17, 15) is 13.6 Å². The molecule has 0 aliphatic heterocycles. The number of esters is 1. The maximum Gasteiger partial charge on any atom is 0.343 e. The highest BCUT2D eigenvalue weighted by molar-refractivity contribution is 5.95. The molecule has 0 spiro atoms. The Bertz CT molecular complexity index is 1000. The molecule has 7 nitrogen and oxygen atoms in total. The molecule has 0 unspecified atom stereocenters. The minimum absolute atomic E-state index is 0.0619. The molecule has 0 atom stereocenters. The summed E-state index contributed by atoms with van der Waals surface area (Å²) in [5, 5.41) is 7.12. The number of nitrogens with one attached hydrogen (secondary N) is 1. The van der Waals surface area contributed by atoms with Crippen LogP contribution < -0.4 is 5.32 Å². The summed E-state index contributed by atoms with van der Waals surface area (Å²) >= 11 is 0. The fraction of sp³-hybridized carbons (Fsp3) is 0.222. The van der Waals surface area contributed by atoms with E-state index in [1.165, 1.54) is 16.9 Å². The van der Waals surface area contributed by atoms with Gasteiger partial charge in [0.25, 0.3) is 5.95 Å². The SMILES string of the molecule is CCOC(=O)c1cnc(-n2nc(C)cc2C)nc1Nc1ccc(F)c(F)c1. The summed E-state index contributed by atoms with van der Waals surface area (Å²) in [4.78, 5) is 20.7. The lowest BCUT2D eigenvalue weighted by atomic mass is 10.2. The molecule has 1 aromatic carbocycles. The Morgan fingerprint density at radius 1 is 1.22 bits per heavy atom. The summed E-state index contributed by atoms with van der Waals surface area (Å²) in [6, 6.07) is 5.13. The van der Waals surface area contributed by atoms with Gasteiger partial charge in [-0.2, -0.15) is 10.1 Å². The van der Waals surface area contributed by atoms with E-state index < -0.39 is 17.6 Å². The highest BCUT2D eigenvalue weighted by atomic mass is 19.2. The maximum atomic E-state index is 13.5.